The van der Waals surface area contributed by atoms with Crippen molar-refractivity contribution in [3.8, 4) is 0 Å². The number of nitrogens with one attached hydrogen (secondary N) is 1. The molecule has 8 nitrogen and oxygen atoms in total. The second kappa shape index (κ2) is 8.33. The van der Waals surface area contributed by atoms with E-state index < -0.39 is 6.09 Å². The minimum absolute atomic E-state index is 0.0634. The summed E-state index contributed by atoms with van der Waals surface area (Å²) in [5, 5.41) is 6.97. The minimum Gasteiger partial charge on any atom is -0.453 e. The first-order valence-corrected chi connectivity index (χ1v) is 9.03. The van der Waals surface area contributed by atoms with Crippen molar-refractivity contribution < 1.29 is 14.3 Å². The third-order valence-electron chi connectivity index (χ3n) is 5.05. The molecule has 1 atom stereocenters. The third-order valence-corrected chi connectivity index (χ3v) is 5.05. The molecule has 25 heavy (non-hydrogen) atoms. The summed E-state index contributed by atoms with van der Waals surface area (Å²) in [5.41, 5.74) is 1.09. The van der Waals surface area contributed by atoms with E-state index >= 15 is 0 Å². The van der Waals surface area contributed by atoms with Crippen molar-refractivity contribution >= 4 is 12.0 Å². The number of methoxy groups -OCH3 is 1. The van der Waals surface area contributed by atoms with E-state index in [0.29, 0.717) is 13.1 Å². The number of carbonyl (C=O) groups is 2. The van der Waals surface area contributed by atoms with E-state index in [1.54, 1.807) is 11.1 Å². The number of rotatable bonds is 3. The van der Waals surface area contributed by atoms with Crippen LogP contribution in [0, 0.1) is 0 Å². The summed E-state index contributed by atoms with van der Waals surface area (Å²) < 4.78 is 4.86. The smallest absolute Gasteiger partial charge is 0.410 e. The largest absolute Gasteiger partial charge is 0.453 e. The Balaban J connectivity index is 1.59. The molecular formula is C17H27N5O3. The Kier molecular flexibility index (Phi) is 5.91. The molecule has 3 heterocycles. The van der Waals surface area contributed by atoms with Gasteiger partial charge in [0.2, 0.25) is 5.91 Å². The number of carbonyl (C=O) groups excluding carboxylic acids is 2. The number of aromatic nitrogens is 2. The van der Waals surface area contributed by atoms with Crippen molar-refractivity contribution in [3.63, 3.8) is 0 Å². The molecule has 3 rings (SSSR count). The molecule has 1 aromatic heterocycles. The standard InChI is InChI=1S/C17H27N5O3/c1-25-17(24)22-10-3-2-5-15(22)16(23)21-9-4-8-20(11-12-21)13-14-6-7-18-19-14/h6-7,15H,2-5,8-13H2,1H3,(H,18,19). The number of nitrogens with zero attached hydrogens (tertiary/aromatic N) is 4. The molecule has 0 saturated carbocycles. The predicted molar refractivity (Wildman–Crippen MR) is 91.8 cm³/mol. The molecule has 2 amide bonds. The van der Waals surface area contributed by atoms with Gasteiger partial charge in [-0.1, -0.05) is 0 Å². The van der Waals surface area contributed by atoms with Crippen LogP contribution < -0.4 is 0 Å². The maximum atomic E-state index is 13.0. The Morgan fingerprint density at radius 2 is 2.08 bits per heavy atom. The fourth-order valence-corrected chi connectivity index (χ4v) is 3.70. The van der Waals surface area contributed by atoms with E-state index in [4.69, 9.17) is 4.74 Å². The fraction of sp³-hybridized carbons (Fsp3) is 0.706. The lowest BCUT2D eigenvalue weighted by atomic mass is 10.0. The van der Waals surface area contributed by atoms with Crippen molar-refractivity contribution in [2.75, 3.05) is 39.8 Å². The summed E-state index contributed by atoms with van der Waals surface area (Å²) in [7, 11) is 1.37. The molecule has 1 aromatic rings. The summed E-state index contributed by atoms with van der Waals surface area (Å²) in [5.74, 6) is 0.0634. The molecule has 0 aromatic carbocycles. The highest BCUT2D eigenvalue weighted by atomic mass is 16.5. The molecule has 0 spiro atoms. The van der Waals surface area contributed by atoms with Crippen molar-refractivity contribution in [1.29, 1.82) is 0 Å². The fourth-order valence-electron chi connectivity index (χ4n) is 3.70. The van der Waals surface area contributed by atoms with E-state index in [2.05, 4.69) is 15.1 Å². The van der Waals surface area contributed by atoms with Crippen LogP contribution in [0.25, 0.3) is 0 Å². The Hall–Kier alpha value is -2.09. The van der Waals surface area contributed by atoms with Gasteiger partial charge in [0.05, 0.1) is 7.11 Å². The molecular weight excluding hydrogens is 322 g/mol. The van der Waals surface area contributed by atoms with Crippen LogP contribution in [0.2, 0.25) is 0 Å². The normalized spacial score (nSPS) is 22.5. The number of piperidine rings is 1. The van der Waals surface area contributed by atoms with Gasteiger partial charge in [-0.05, 0) is 31.7 Å². The highest BCUT2D eigenvalue weighted by Crippen LogP contribution is 2.21. The number of aromatic amines is 1. The van der Waals surface area contributed by atoms with E-state index in [9.17, 15) is 9.59 Å². The lowest BCUT2D eigenvalue weighted by molar-refractivity contribution is -0.137. The zero-order valence-electron chi connectivity index (χ0n) is 14.8. The molecule has 0 aliphatic carbocycles. The second-order valence-corrected chi connectivity index (χ2v) is 6.71. The topological polar surface area (TPSA) is 81.8 Å². The molecule has 1 N–H and O–H groups in total. The van der Waals surface area contributed by atoms with E-state index in [1.165, 1.54) is 7.11 Å². The van der Waals surface area contributed by atoms with Gasteiger partial charge in [0.15, 0.2) is 0 Å². The molecule has 2 fully saturated rings. The lowest BCUT2D eigenvalue weighted by Crippen LogP contribution is -2.53. The zero-order valence-corrected chi connectivity index (χ0v) is 14.8. The summed E-state index contributed by atoms with van der Waals surface area (Å²) in [6.07, 6.45) is 4.93. The minimum atomic E-state index is -0.395. The number of hydrogen-bond acceptors (Lipinski definition) is 5. The van der Waals surface area contributed by atoms with Crippen molar-refractivity contribution in [3.05, 3.63) is 18.0 Å². The number of amides is 2. The van der Waals surface area contributed by atoms with Gasteiger partial charge < -0.3 is 9.64 Å². The number of hydrogen-bond donors (Lipinski definition) is 1. The second-order valence-electron chi connectivity index (χ2n) is 6.71. The first kappa shape index (κ1) is 17.7. The molecule has 138 valence electrons. The van der Waals surface area contributed by atoms with Crippen LogP contribution in [0.5, 0.6) is 0 Å². The third kappa shape index (κ3) is 4.31. The van der Waals surface area contributed by atoms with Gasteiger partial charge >= 0.3 is 6.09 Å². The van der Waals surface area contributed by atoms with Gasteiger partial charge in [0, 0.05) is 51.2 Å². The monoisotopic (exact) mass is 349 g/mol. The van der Waals surface area contributed by atoms with E-state index in [1.807, 2.05) is 11.0 Å². The van der Waals surface area contributed by atoms with Crippen LogP contribution >= 0.6 is 0 Å². The number of H-pyrrole nitrogens is 1. The van der Waals surface area contributed by atoms with Crippen LogP contribution in [0.4, 0.5) is 4.79 Å². The quantitative estimate of drug-likeness (QED) is 0.883. The van der Waals surface area contributed by atoms with E-state index in [-0.39, 0.29) is 11.9 Å². The first-order chi connectivity index (χ1) is 12.2. The maximum Gasteiger partial charge on any atom is 0.410 e. The molecule has 2 saturated heterocycles. The predicted octanol–water partition coefficient (Wildman–Crippen LogP) is 1.06. The van der Waals surface area contributed by atoms with Crippen LogP contribution in [0.1, 0.15) is 31.4 Å². The molecule has 0 bridgehead atoms. The molecule has 0 radical (unpaired) electrons. The van der Waals surface area contributed by atoms with Gasteiger partial charge in [0.25, 0.3) is 0 Å². The Morgan fingerprint density at radius 3 is 2.84 bits per heavy atom. The van der Waals surface area contributed by atoms with Crippen molar-refractivity contribution in [2.45, 2.75) is 38.3 Å². The summed E-state index contributed by atoms with van der Waals surface area (Å²) >= 11 is 0. The number of ether oxygens (including phenoxy) is 1. The molecule has 2 aliphatic rings. The van der Waals surface area contributed by atoms with E-state index in [0.717, 1.165) is 57.6 Å². The molecule has 1 unspecified atom stereocenters. The zero-order chi connectivity index (χ0) is 17.6. The highest BCUT2D eigenvalue weighted by molar-refractivity contribution is 5.86. The summed E-state index contributed by atoms with van der Waals surface area (Å²) in [6, 6.07) is 1.60. The van der Waals surface area contributed by atoms with Gasteiger partial charge in [-0.3, -0.25) is 19.7 Å². The van der Waals surface area contributed by atoms with Crippen molar-refractivity contribution in [2.24, 2.45) is 0 Å². The van der Waals surface area contributed by atoms with Crippen molar-refractivity contribution in [1.82, 2.24) is 24.9 Å². The Labute approximate surface area is 148 Å². The van der Waals surface area contributed by atoms with Crippen LogP contribution in [0.15, 0.2) is 12.3 Å². The molecule has 2 aliphatic heterocycles. The summed E-state index contributed by atoms with van der Waals surface area (Å²) in [4.78, 5) is 30.8. The Bertz CT molecular complexity index is 577. The Morgan fingerprint density at radius 1 is 1.20 bits per heavy atom. The van der Waals surface area contributed by atoms with Gasteiger partial charge in [-0.25, -0.2) is 4.79 Å². The van der Waals surface area contributed by atoms with Crippen LogP contribution in [0.3, 0.4) is 0 Å². The lowest BCUT2D eigenvalue weighted by Gasteiger charge is -2.36. The number of likely N-dealkylation sites (tertiary alicyclic amines) is 1. The average Bonchev–Trinajstić information content (AvgIpc) is 3.05. The average molecular weight is 349 g/mol. The van der Waals surface area contributed by atoms with Crippen LogP contribution in [-0.4, -0.2) is 82.8 Å². The first-order valence-electron chi connectivity index (χ1n) is 9.03. The molecule has 8 heteroatoms. The van der Waals surface area contributed by atoms with Crippen LogP contribution in [-0.2, 0) is 16.1 Å². The summed E-state index contributed by atoms with van der Waals surface area (Å²) in [6.45, 7) is 4.63. The highest BCUT2D eigenvalue weighted by Gasteiger charge is 2.35. The van der Waals surface area contributed by atoms with Gasteiger partial charge in [-0.15, -0.1) is 0 Å². The maximum absolute atomic E-state index is 13.0. The van der Waals surface area contributed by atoms with Gasteiger partial charge in [0.1, 0.15) is 6.04 Å². The van der Waals surface area contributed by atoms with Gasteiger partial charge in [-0.2, -0.15) is 5.10 Å². The SMILES string of the molecule is COC(=O)N1CCCCC1C(=O)N1CCCN(Cc2ccn[nH]2)CC1.